The van der Waals surface area contributed by atoms with Gasteiger partial charge in [0, 0.05) is 10.6 Å². The van der Waals surface area contributed by atoms with E-state index in [1.807, 2.05) is 12.1 Å². The number of carbonyl (C=O) groups is 1. The van der Waals surface area contributed by atoms with Gasteiger partial charge in [0.15, 0.2) is 5.76 Å². The van der Waals surface area contributed by atoms with Crippen molar-refractivity contribution in [2.24, 2.45) is 0 Å². The molecule has 6 heteroatoms. The molecule has 1 atom stereocenters. The lowest BCUT2D eigenvalue weighted by atomic mass is 10.2. The Kier molecular flexibility index (Phi) is 4.42. The van der Waals surface area contributed by atoms with E-state index >= 15 is 0 Å². The van der Waals surface area contributed by atoms with E-state index < -0.39 is 12.0 Å². The van der Waals surface area contributed by atoms with Crippen molar-refractivity contribution >= 4 is 17.6 Å². The molecule has 0 radical (unpaired) electrons. The van der Waals surface area contributed by atoms with Gasteiger partial charge in [0.2, 0.25) is 5.89 Å². The van der Waals surface area contributed by atoms with Gasteiger partial charge in [-0.1, -0.05) is 11.6 Å². The zero-order chi connectivity index (χ0) is 14.7. The van der Waals surface area contributed by atoms with Crippen LogP contribution < -0.4 is 0 Å². The predicted octanol–water partition coefficient (Wildman–Crippen LogP) is 2.90. The molecule has 106 valence electrons. The standard InChI is InChI=1S/C14H15ClN2O3/c1-9(14(18)19)17(2)8-13-16-7-12(20-13)10-3-5-11(15)6-4-10/h3-7,9H,8H2,1-2H3,(H,18,19). The lowest BCUT2D eigenvalue weighted by Gasteiger charge is -2.18. The van der Waals surface area contributed by atoms with Gasteiger partial charge >= 0.3 is 5.97 Å². The number of halogens is 1. The highest BCUT2D eigenvalue weighted by Crippen LogP contribution is 2.22. The third-order valence-corrected chi connectivity index (χ3v) is 3.34. The van der Waals surface area contributed by atoms with Crippen LogP contribution in [0.15, 0.2) is 34.9 Å². The van der Waals surface area contributed by atoms with E-state index in [1.165, 1.54) is 0 Å². The highest BCUT2D eigenvalue weighted by atomic mass is 35.5. The number of aromatic nitrogens is 1. The van der Waals surface area contributed by atoms with Crippen molar-refractivity contribution in [3.05, 3.63) is 41.4 Å². The number of oxazole rings is 1. The number of hydrogen-bond donors (Lipinski definition) is 1. The first-order valence-electron chi connectivity index (χ1n) is 6.11. The number of benzene rings is 1. The van der Waals surface area contributed by atoms with Gasteiger partial charge in [0.1, 0.15) is 6.04 Å². The lowest BCUT2D eigenvalue weighted by molar-refractivity contribution is -0.142. The van der Waals surface area contributed by atoms with E-state index in [-0.39, 0.29) is 0 Å². The van der Waals surface area contributed by atoms with Crippen LogP contribution in [0.3, 0.4) is 0 Å². The second kappa shape index (κ2) is 6.07. The monoisotopic (exact) mass is 294 g/mol. The lowest BCUT2D eigenvalue weighted by Crippen LogP contribution is -2.35. The molecule has 0 saturated carbocycles. The molecule has 0 amide bonds. The first-order valence-corrected chi connectivity index (χ1v) is 6.49. The molecule has 0 aliphatic rings. The number of aliphatic carboxylic acids is 1. The van der Waals surface area contributed by atoms with Crippen LogP contribution >= 0.6 is 11.6 Å². The van der Waals surface area contributed by atoms with Gasteiger partial charge in [0.05, 0.1) is 12.7 Å². The van der Waals surface area contributed by atoms with E-state index in [0.717, 1.165) is 5.56 Å². The third kappa shape index (κ3) is 3.37. The molecule has 2 rings (SSSR count). The van der Waals surface area contributed by atoms with E-state index in [9.17, 15) is 4.79 Å². The Balaban J connectivity index is 2.09. The number of rotatable bonds is 5. The Hall–Kier alpha value is -1.85. The Labute approximate surface area is 121 Å². The molecule has 1 unspecified atom stereocenters. The quantitative estimate of drug-likeness (QED) is 0.918. The highest BCUT2D eigenvalue weighted by Gasteiger charge is 2.18. The average Bonchev–Trinajstić information content (AvgIpc) is 2.87. The SMILES string of the molecule is CC(C(=O)O)N(C)Cc1ncc(-c2ccc(Cl)cc2)o1. The average molecular weight is 295 g/mol. The maximum absolute atomic E-state index is 10.9. The van der Waals surface area contributed by atoms with Crippen LogP contribution in [0, 0.1) is 0 Å². The molecule has 0 aliphatic carbocycles. The van der Waals surface area contributed by atoms with Gasteiger partial charge in [-0.15, -0.1) is 0 Å². The first-order chi connectivity index (χ1) is 9.47. The minimum Gasteiger partial charge on any atom is -0.480 e. The number of likely N-dealkylation sites (N-methyl/N-ethyl adjacent to an activating group) is 1. The first kappa shape index (κ1) is 14.6. The molecule has 5 nitrogen and oxygen atoms in total. The van der Waals surface area contributed by atoms with Crippen LogP contribution in [0.4, 0.5) is 0 Å². The van der Waals surface area contributed by atoms with Gasteiger partial charge in [-0.05, 0) is 38.2 Å². The molecule has 2 aromatic rings. The predicted molar refractivity (Wildman–Crippen MR) is 75.5 cm³/mol. The van der Waals surface area contributed by atoms with Gasteiger partial charge in [-0.2, -0.15) is 0 Å². The fourth-order valence-corrected chi connectivity index (χ4v) is 1.80. The van der Waals surface area contributed by atoms with Crippen molar-refractivity contribution in [3.63, 3.8) is 0 Å². The summed E-state index contributed by atoms with van der Waals surface area (Å²) in [5, 5.41) is 9.59. The summed E-state index contributed by atoms with van der Waals surface area (Å²) in [7, 11) is 1.71. The molecule has 0 bridgehead atoms. The summed E-state index contributed by atoms with van der Waals surface area (Å²) in [5.41, 5.74) is 0.877. The van der Waals surface area contributed by atoms with Crippen molar-refractivity contribution in [3.8, 4) is 11.3 Å². The van der Waals surface area contributed by atoms with Crippen LogP contribution in [0.1, 0.15) is 12.8 Å². The van der Waals surface area contributed by atoms with E-state index in [0.29, 0.717) is 23.2 Å². The second-order valence-corrected chi connectivity index (χ2v) is 4.99. The van der Waals surface area contributed by atoms with Crippen LogP contribution in [0.5, 0.6) is 0 Å². The molecule has 1 N–H and O–H groups in total. The van der Waals surface area contributed by atoms with E-state index in [1.54, 1.807) is 37.2 Å². The van der Waals surface area contributed by atoms with Crippen LogP contribution in [0.2, 0.25) is 5.02 Å². The molecule has 20 heavy (non-hydrogen) atoms. The number of carboxylic acids is 1. The van der Waals surface area contributed by atoms with Gasteiger partial charge in [-0.25, -0.2) is 4.98 Å². The number of nitrogens with zero attached hydrogens (tertiary/aromatic N) is 2. The van der Waals surface area contributed by atoms with Gasteiger partial charge < -0.3 is 9.52 Å². The summed E-state index contributed by atoms with van der Waals surface area (Å²) in [5.74, 6) is 0.232. The Bertz CT molecular complexity index is 595. The van der Waals surface area contributed by atoms with Crippen molar-refractivity contribution in [1.82, 2.24) is 9.88 Å². The molecule has 1 heterocycles. The molecule has 0 fully saturated rings. The fourth-order valence-electron chi connectivity index (χ4n) is 1.67. The number of carboxylic acid groups (broad SMARTS) is 1. The Morgan fingerprint density at radius 3 is 2.70 bits per heavy atom. The van der Waals surface area contributed by atoms with Crippen molar-refractivity contribution < 1.29 is 14.3 Å². The molecule has 0 saturated heterocycles. The zero-order valence-corrected chi connectivity index (χ0v) is 12.0. The summed E-state index contributed by atoms with van der Waals surface area (Å²) < 4.78 is 5.62. The molecular formula is C14H15ClN2O3. The summed E-state index contributed by atoms with van der Waals surface area (Å²) in [6.45, 7) is 1.95. The third-order valence-electron chi connectivity index (χ3n) is 3.09. The Morgan fingerprint density at radius 1 is 1.45 bits per heavy atom. The fraction of sp³-hybridized carbons (Fsp3) is 0.286. The van der Waals surface area contributed by atoms with Gasteiger partial charge in [-0.3, -0.25) is 9.69 Å². The largest absolute Gasteiger partial charge is 0.480 e. The maximum atomic E-state index is 10.9. The summed E-state index contributed by atoms with van der Waals surface area (Å²) in [6, 6.07) is 6.64. The Morgan fingerprint density at radius 2 is 2.10 bits per heavy atom. The normalized spacial score (nSPS) is 12.6. The van der Waals surface area contributed by atoms with E-state index in [4.69, 9.17) is 21.1 Å². The van der Waals surface area contributed by atoms with Crippen molar-refractivity contribution in [2.75, 3.05) is 7.05 Å². The molecular weight excluding hydrogens is 280 g/mol. The molecule has 1 aromatic carbocycles. The number of hydrogen-bond acceptors (Lipinski definition) is 4. The van der Waals surface area contributed by atoms with Crippen LogP contribution in [-0.2, 0) is 11.3 Å². The highest BCUT2D eigenvalue weighted by molar-refractivity contribution is 6.30. The smallest absolute Gasteiger partial charge is 0.320 e. The summed E-state index contributed by atoms with van der Waals surface area (Å²) >= 11 is 5.83. The molecule has 0 aliphatic heterocycles. The second-order valence-electron chi connectivity index (χ2n) is 4.55. The molecule has 1 aromatic heterocycles. The van der Waals surface area contributed by atoms with Crippen molar-refractivity contribution in [1.29, 1.82) is 0 Å². The zero-order valence-electron chi connectivity index (χ0n) is 11.2. The van der Waals surface area contributed by atoms with Crippen LogP contribution in [-0.4, -0.2) is 34.0 Å². The van der Waals surface area contributed by atoms with Crippen LogP contribution in [0.25, 0.3) is 11.3 Å². The summed E-state index contributed by atoms with van der Waals surface area (Å²) in [4.78, 5) is 16.7. The molecule has 0 spiro atoms. The van der Waals surface area contributed by atoms with E-state index in [2.05, 4.69) is 4.98 Å². The minimum absolute atomic E-state index is 0.334. The van der Waals surface area contributed by atoms with Gasteiger partial charge in [0.25, 0.3) is 0 Å². The topological polar surface area (TPSA) is 66.6 Å². The summed E-state index contributed by atoms with van der Waals surface area (Å²) in [6.07, 6.45) is 1.62. The van der Waals surface area contributed by atoms with Crippen molar-refractivity contribution in [2.45, 2.75) is 19.5 Å². The maximum Gasteiger partial charge on any atom is 0.320 e. The minimum atomic E-state index is -0.878.